The van der Waals surface area contributed by atoms with Crippen molar-refractivity contribution in [1.82, 2.24) is 0 Å². The van der Waals surface area contributed by atoms with Gasteiger partial charge in [0.1, 0.15) is 0 Å². The maximum Gasteiger partial charge on any atom is 0.251 e. The molecule has 0 aliphatic carbocycles. The van der Waals surface area contributed by atoms with Gasteiger partial charge < -0.3 is 4.90 Å². The number of para-hydroxylation sites is 1. The Bertz CT molecular complexity index is 723. The number of nitrogens with zero attached hydrogens (tertiary/aromatic N) is 1. The molecule has 0 fully saturated rings. The molecule has 124 valence electrons. The largest absolute Gasteiger partial charge is 0.305 e. The van der Waals surface area contributed by atoms with Gasteiger partial charge in [-0.05, 0) is 28.7 Å². The quantitative estimate of drug-likeness (QED) is 0.547. The molecule has 0 spiro atoms. The maximum absolute atomic E-state index is 12.8. The fraction of sp³-hybridized carbons (Fsp3) is 0.227. The molecule has 2 heteroatoms. The third-order valence-corrected chi connectivity index (χ3v) is 3.80. The lowest BCUT2D eigenvalue weighted by atomic mass is 9.85. The zero-order valence-electron chi connectivity index (χ0n) is 14.7. The standard InChI is InChI=1S/C22H25NO/c1-5-17-23(20-14-10-9-13-19(20)22(2,3)4)21(24)16-15-18-11-7-6-8-12-18/h5-16H,1,17H2,2-4H3/b16-15+. The molecule has 0 heterocycles. The Labute approximate surface area is 145 Å². The fourth-order valence-electron chi connectivity index (χ4n) is 2.60. The van der Waals surface area contributed by atoms with Crippen molar-refractivity contribution in [1.29, 1.82) is 0 Å². The normalized spacial score (nSPS) is 11.5. The summed E-state index contributed by atoms with van der Waals surface area (Å²) in [6, 6.07) is 17.9. The molecule has 2 nitrogen and oxygen atoms in total. The monoisotopic (exact) mass is 319 g/mol. The SMILES string of the molecule is C=CCN(C(=O)/C=C/c1ccccc1)c1ccccc1C(C)(C)C. The number of benzene rings is 2. The van der Waals surface area contributed by atoms with Crippen molar-refractivity contribution >= 4 is 17.7 Å². The van der Waals surface area contributed by atoms with Gasteiger partial charge in [-0.15, -0.1) is 6.58 Å². The Morgan fingerprint density at radius 3 is 2.29 bits per heavy atom. The number of carbonyl (C=O) groups is 1. The van der Waals surface area contributed by atoms with E-state index in [1.807, 2.05) is 54.6 Å². The molecule has 0 radical (unpaired) electrons. The van der Waals surface area contributed by atoms with Gasteiger partial charge in [0.2, 0.25) is 0 Å². The molecule has 0 aromatic heterocycles. The molecule has 2 aromatic rings. The van der Waals surface area contributed by atoms with Crippen LogP contribution in [0.1, 0.15) is 31.9 Å². The van der Waals surface area contributed by atoms with Crippen LogP contribution < -0.4 is 4.90 Å². The van der Waals surface area contributed by atoms with Gasteiger partial charge in [-0.2, -0.15) is 0 Å². The van der Waals surface area contributed by atoms with E-state index in [0.29, 0.717) is 6.54 Å². The summed E-state index contributed by atoms with van der Waals surface area (Å²) in [4.78, 5) is 14.5. The zero-order chi connectivity index (χ0) is 17.6. The molecule has 0 unspecified atom stereocenters. The second-order valence-corrected chi connectivity index (χ2v) is 6.75. The minimum Gasteiger partial charge on any atom is -0.305 e. The van der Waals surface area contributed by atoms with E-state index in [1.165, 1.54) is 0 Å². The molecule has 0 aliphatic heterocycles. The second kappa shape index (κ2) is 7.78. The number of amides is 1. The van der Waals surface area contributed by atoms with Gasteiger partial charge in [0.05, 0.1) is 0 Å². The predicted molar refractivity (Wildman–Crippen MR) is 103 cm³/mol. The first kappa shape index (κ1) is 17.7. The van der Waals surface area contributed by atoms with E-state index in [-0.39, 0.29) is 11.3 Å². The van der Waals surface area contributed by atoms with Crippen LogP contribution in [-0.4, -0.2) is 12.5 Å². The number of hydrogen-bond acceptors (Lipinski definition) is 1. The Morgan fingerprint density at radius 2 is 1.67 bits per heavy atom. The lowest BCUT2D eigenvalue weighted by Crippen LogP contribution is -2.31. The number of rotatable bonds is 5. The summed E-state index contributed by atoms with van der Waals surface area (Å²) < 4.78 is 0. The third kappa shape index (κ3) is 4.45. The molecular formula is C22H25NO. The lowest BCUT2D eigenvalue weighted by molar-refractivity contribution is -0.114. The van der Waals surface area contributed by atoms with Gasteiger partial charge in [-0.3, -0.25) is 4.79 Å². The predicted octanol–water partition coefficient (Wildman–Crippen LogP) is 5.22. The van der Waals surface area contributed by atoms with Crippen LogP contribution in [0.4, 0.5) is 5.69 Å². The molecule has 2 rings (SSSR count). The molecule has 0 saturated carbocycles. The van der Waals surface area contributed by atoms with Gasteiger partial charge in [0.25, 0.3) is 5.91 Å². The van der Waals surface area contributed by atoms with Crippen molar-refractivity contribution in [3.05, 3.63) is 84.5 Å². The van der Waals surface area contributed by atoms with Gasteiger partial charge >= 0.3 is 0 Å². The number of hydrogen-bond donors (Lipinski definition) is 0. The Morgan fingerprint density at radius 1 is 1.04 bits per heavy atom. The van der Waals surface area contributed by atoms with E-state index in [1.54, 1.807) is 17.1 Å². The van der Waals surface area contributed by atoms with E-state index in [9.17, 15) is 4.79 Å². The smallest absolute Gasteiger partial charge is 0.251 e. The molecule has 24 heavy (non-hydrogen) atoms. The molecule has 0 atom stereocenters. The molecule has 1 amide bonds. The van der Waals surface area contributed by atoms with Gasteiger partial charge in [-0.1, -0.05) is 75.4 Å². The molecule has 2 aromatic carbocycles. The average Bonchev–Trinajstić information content (AvgIpc) is 2.58. The number of anilines is 1. The highest BCUT2D eigenvalue weighted by molar-refractivity contribution is 6.04. The zero-order valence-corrected chi connectivity index (χ0v) is 14.7. The average molecular weight is 319 g/mol. The Hall–Kier alpha value is -2.61. The van der Waals surface area contributed by atoms with Crippen LogP contribution in [-0.2, 0) is 10.2 Å². The van der Waals surface area contributed by atoms with Gasteiger partial charge in [0, 0.05) is 18.3 Å². The highest BCUT2D eigenvalue weighted by Gasteiger charge is 2.22. The van der Waals surface area contributed by atoms with Crippen LogP contribution in [0.3, 0.4) is 0 Å². The first-order valence-electron chi connectivity index (χ1n) is 8.18. The van der Waals surface area contributed by atoms with E-state index >= 15 is 0 Å². The summed E-state index contributed by atoms with van der Waals surface area (Å²) in [5, 5.41) is 0. The van der Waals surface area contributed by atoms with Gasteiger partial charge in [0.15, 0.2) is 0 Å². The summed E-state index contributed by atoms with van der Waals surface area (Å²) in [6.07, 6.45) is 5.23. The van der Waals surface area contributed by atoms with Gasteiger partial charge in [-0.25, -0.2) is 0 Å². The number of carbonyl (C=O) groups excluding carboxylic acids is 1. The Balaban J connectivity index is 2.35. The first-order valence-corrected chi connectivity index (χ1v) is 8.18. The van der Waals surface area contributed by atoms with Crippen LogP contribution in [0.2, 0.25) is 0 Å². The van der Waals surface area contributed by atoms with Crippen molar-refractivity contribution in [3.8, 4) is 0 Å². The topological polar surface area (TPSA) is 20.3 Å². The van der Waals surface area contributed by atoms with E-state index in [0.717, 1.165) is 16.8 Å². The van der Waals surface area contributed by atoms with Crippen molar-refractivity contribution < 1.29 is 4.79 Å². The molecular weight excluding hydrogens is 294 g/mol. The highest BCUT2D eigenvalue weighted by Crippen LogP contribution is 2.32. The summed E-state index contributed by atoms with van der Waals surface area (Å²) in [5.41, 5.74) is 3.05. The van der Waals surface area contributed by atoms with Crippen molar-refractivity contribution in [3.63, 3.8) is 0 Å². The van der Waals surface area contributed by atoms with E-state index in [2.05, 4.69) is 33.4 Å². The van der Waals surface area contributed by atoms with Crippen LogP contribution >= 0.6 is 0 Å². The summed E-state index contributed by atoms with van der Waals surface area (Å²) >= 11 is 0. The highest BCUT2D eigenvalue weighted by atomic mass is 16.2. The summed E-state index contributed by atoms with van der Waals surface area (Å²) in [5.74, 6) is -0.0459. The van der Waals surface area contributed by atoms with Crippen molar-refractivity contribution in [2.45, 2.75) is 26.2 Å². The van der Waals surface area contributed by atoms with Crippen LogP contribution in [0, 0.1) is 0 Å². The van der Waals surface area contributed by atoms with E-state index in [4.69, 9.17) is 0 Å². The summed E-state index contributed by atoms with van der Waals surface area (Å²) in [6.45, 7) is 10.7. The maximum atomic E-state index is 12.8. The van der Waals surface area contributed by atoms with Crippen molar-refractivity contribution in [2.24, 2.45) is 0 Å². The molecule has 0 bridgehead atoms. The van der Waals surface area contributed by atoms with E-state index < -0.39 is 0 Å². The molecule has 0 N–H and O–H groups in total. The third-order valence-electron chi connectivity index (χ3n) is 3.80. The van der Waals surface area contributed by atoms with Crippen LogP contribution in [0.5, 0.6) is 0 Å². The molecule has 0 saturated heterocycles. The minimum absolute atomic E-state index is 0.0422. The van der Waals surface area contributed by atoms with Crippen LogP contribution in [0.25, 0.3) is 6.08 Å². The minimum atomic E-state index is -0.0459. The first-order chi connectivity index (χ1) is 11.4. The molecule has 0 aliphatic rings. The fourth-order valence-corrected chi connectivity index (χ4v) is 2.60. The van der Waals surface area contributed by atoms with Crippen LogP contribution in [0.15, 0.2) is 73.3 Å². The van der Waals surface area contributed by atoms with Crippen molar-refractivity contribution in [2.75, 3.05) is 11.4 Å². The second-order valence-electron chi connectivity index (χ2n) is 6.75. The Kier molecular flexibility index (Phi) is 5.75. The summed E-state index contributed by atoms with van der Waals surface area (Å²) in [7, 11) is 0. The lowest BCUT2D eigenvalue weighted by Gasteiger charge is -2.29.